The number of nitrogens with two attached hydrogens (primary N) is 1. The van der Waals surface area contributed by atoms with Gasteiger partial charge in [0.25, 0.3) is 0 Å². The molecule has 100 valence electrons. The minimum atomic E-state index is 0.0989. The zero-order valence-corrected chi connectivity index (χ0v) is 11.3. The zero-order chi connectivity index (χ0) is 12.6. The molecule has 0 bridgehead atoms. The first kappa shape index (κ1) is 12.2. The summed E-state index contributed by atoms with van der Waals surface area (Å²) in [6, 6.07) is 4.30. The van der Waals surface area contributed by atoms with Crippen molar-refractivity contribution in [3.8, 4) is 0 Å². The van der Waals surface area contributed by atoms with E-state index in [1.54, 1.807) is 0 Å². The Morgan fingerprint density at radius 1 is 1.44 bits per heavy atom. The first-order chi connectivity index (χ1) is 8.69. The lowest BCUT2D eigenvalue weighted by Crippen LogP contribution is -2.27. The van der Waals surface area contributed by atoms with Gasteiger partial charge in [-0.05, 0) is 44.7 Å². The summed E-state index contributed by atoms with van der Waals surface area (Å²) in [6.07, 6.45) is 10.2. The van der Waals surface area contributed by atoms with E-state index in [1.165, 1.54) is 44.2 Å². The predicted molar refractivity (Wildman–Crippen MR) is 72.3 cm³/mol. The highest BCUT2D eigenvalue weighted by atomic mass is 16.5. The van der Waals surface area contributed by atoms with E-state index in [0.717, 1.165) is 6.54 Å². The van der Waals surface area contributed by atoms with Gasteiger partial charge in [-0.2, -0.15) is 0 Å². The van der Waals surface area contributed by atoms with Gasteiger partial charge in [-0.15, -0.1) is 0 Å². The lowest BCUT2D eigenvalue weighted by molar-refractivity contribution is -0.0420. The average molecular weight is 248 g/mol. The Kier molecular flexibility index (Phi) is 3.20. The van der Waals surface area contributed by atoms with Crippen molar-refractivity contribution in [1.82, 2.24) is 4.57 Å². The molecule has 2 aliphatic rings. The first-order valence-electron chi connectivity index (χ1n) is 7.27. The van der Waals surface area contributed by atoms with Crippen LogP contribution in [0.1, 0.15) is 57.2 Å². The minimum Gasteiger partial charge on any atom is -0.370 e. The van der Waals surface area contributed by atoms with Gasteiger partial charge in [-0.1, -0.05) is 12.8 Å². The number of hydrogen-bond donors (Lipinski definition) is 1. The van der Waals surface area contributed by atoms with Crippen LogP contribution >= 0.6 is 0 Å². The molecule has 2 fully saturated rings. The van der Waals surface area contributed by atoms with Gasteiger partial charge in [-0.3, -0.25) is 0 Å². The van der Waals surface area contributed by atoms with Gasteiger partial charge < -0.3 is 15.0 Å². The van der Waals surface area contributed by atoms with E-state index in [9.17, 15) is 0 Å². The third kappa shape index (κ3) is 2.21. The van der Waals surface area contributed by atoms with E-state index in [4.69, 9.17) is 10.5 Å². The molecule has 2 atom stereocenters. The summed E-state index contributed by atoms with van der Waals surface area (Å²) < 4.78 is 8.62. The monoisotopic (exact) mass is 248 g/mol. The lowest BCUT2D eigenvalue weighted by atomic mass is 9.98. The predicted octanol–water partition coefficient (Wildman–Crippen LogP) is 3.00. The van der Waals surface area contributed by atoms with E-state index in [0.29, 0.717) is 6.10 Å². The highest BCUT2D eigenvalue weighted by Gasteiger charge is 2.42. The Balaban J connectivity index is 1.65. The van der Waals surface area contributed by atoms with Crippen LogP contribution in [0.5, 0.6) is 0 Å². The fraction of sp³-hybridized carbons (Fsp3) is 0.733. The molecule has 2 N–H and O–H groups in total. The second-order valence-corrected chi connectivity index (χ2v) is 6.04. The first-order valence-corrected chi connectivity index (χ1v) is 7.27. The molecule has 3 rings (SSSR count). The molecule has 1 aliphatic heterocycles. The summed E-state index contributed by atoms with van der Waals surface area (Å²) in [5, 5.41) is 0. The van der Waals surface area contributed by atoms with Crippen LogP contribution in [-0.4, -0.2) is 16.3 Å². The molecule has 0 amide bonds. The molecule has 2 heterocycles. The summed E-state index contributed by atoms with van der Waals surface area (Å²) in [4.78, 5) is 0. The van der Waals surface area contributed by atoms with E-state index in [-0.39, 0.29) is 11.6 Å². The zero-order valence-electron chi connectivity index (χ0n) is 11.3. The van der Waals surface area contributed by atoms with Crippen molar-refractivity contribution < 1.29 is 4.74 Å². The standard InChI is InChI=1S/C15H24N2O/c1-12(16)14-5-4-10-17(14)11-13-6-9-15(18-13)7-2-3-8-15/h4-5,10,12-13H,2-3,6-9,11,16H2,1H3. The van der Waals surface area contributed by atoms with Crippen LogP contribution < -0.4 is 5.73 Å². The maximum Gasteiger partial charge on any atom is 0.0762 e. The third-order valence-corrected chi connectivity index (χ3v) is 4.58. The fourth-order valence-electron chi connectivity index (χ4n) is 3.64. The Hall–Kier alpha value is -0.800. The van der Waals surface area contributed by atoms with Crippen LogP contribution in [0.4, 0.5) is 0 Å². The fourth-order valence-corrected chi connectivity index (χ4v) is 3.64. The summed E-state index contributed by atoms with van der Waals surface area (Å²) in [5.74, 6) is 0. The molecule has 3 nitrogen and oxygen atoms in total. The maximum absolute atomic E-state index is 6.36. The SMILES string of the molecule is CC(N)c1cccn1CC1CCC2(CCCC2)O1. The normalized spacial score (nSPS) is 28.0. The van der Waals surface area contributed by atoms with Gasteiger partial charge in [-0.25, -0.2) is 0 Å². The molecule has 18 heavy (non-hydrogen) atoms. The third-order valence-electron chi connectivity index (χ3n) is 4.58. The van der Waals surface area contributed by atoms with Gasteiger partial charge in [0.1, 0.15) is 0 Å². The lowest BCUT2D eigenvalue weighted by Gasteiger charge is -2.24. The summed E-state index contributed by atoms with van der Waals surface area (Å²) in [5.41, 5.74) is 7.44. The van der Waals surface area contributed by atoms with Crippen molar-refractivity contribution in [2.45, 2.75) is 69.7 Å². The van der Waals surface area contributed by atoms with Gasteiger partial charge >= 0.3 is 0 Å². The molecule has 1 saturated carbocycles. The van der Waals surface area contributed by atoms with Crippen LogP contribution in [0.15, 0.2) is 18.3 Å². The number of nitrogens with zero attached hydrogens (tertiary/aromatic N) is 1. The van der Waals surface area contributed by atoms with E-state index in [1.807, 2.05) is 6.92 Å². The highest BCUT2D eigenvalue weighted by molar-refractivity contribution is 5.11. The smallest absolute Gasteiger partial charge is 0.0762 e. The quantitative estimate of drug-likeness (QED) is 0.893. The number of aromatic nitrogens is 1. The molecule has 1 aromatic rings. The summed E-state index contributed by atoms with van der Waals surface area (Å²) >= 11 is 0. The van der Waals surface area contributed by atoms with Crippen molar-refractivity contribution >= 4 is 0 Å². The highest BCUT2D eigenvalue weighted by Crippen LogP contribution is 2.43. The van der Waals surface area contributed by atoms with Crippen LogP contribution in [-0.2, 0) is 11.3 Å². The van der Waals surface area contributed by atoms with Gasteiger partial charge in [0, 0.05) is 24.5 Å². The minimum absolute atomic E-state index is 0.0989. The number of rotatable bonds is 3. The number of hydrogen-bond acceptors (Lipinski definition) is 2. The van der Waals surface area contributed by atoms with Crippen LogP contribution in [0.25, 0.3) is 0 Å². The maximum atomic E-state index is 6.36. The van der Waals surface area contributed by atoms with Gasteiger partial charge in [0.15, 0.2) is 0 Å². The molecule has 1 aromatic heterocycles. The molecule has 1 aliphatic carbocycles. The van der Waals surface area contributed by atoms with E-state index < -0.39 is 0 Å². The second kappa shape index (κ2) is 4.71. The molecule has 1 saturated heterocycles. The Morgan fingerprint density at radius 2 is 2.22 bits per heavy atom. The molecule has 3 heteroatoms. The van der Waals surface area contributed by atoms with Crippen molar-refractivity contribution in [2.24, 2.45) is 5.73 Å². The van der Waals surface area contributed by atoms with Crippen molar-refractivity contribution in [1.29, 1.82) is 0 Å². The molecule has 2 unspecified atom stereocenters. The van der Waals surface area contributed by atoms with Crippen molar-refractivity contribution in [3.63, 3.8) is 0 Å². The van der Waals surface area contributed by atoms with E-state index >= 15 is 0 Å². The molecule has 0 radical (unpaired) electrons. The Morgan fingerprint density at radius 3 is 2.94 bits per heavy atom. The molecule has 0 aromatic carbocycles. The van der Waals surface area contributed by atoms with Crippen molar-refractivity contribution in [3.05, 3.63) is 24.0 Å². The topological polar surface area (TPSA) is 40.2 Å². The second-order valence-electron chi connectivity index (χ2n) is 6.04. The van der Waals surface area contributed by atoms with Crippen LogP contribution in [0.3, 0.4) is 0 Å². The molecule has 1 spiro atoms. The van der Waals surface area contributed by atoms with E-state index in [2.05, 4.69) is 22.9 Å². The number of ether oxygens (including phenoxy) is 1. The van der Waals surface area contributed by atoms with Crippen molar-refractivity contribution in [2.75, 3.05) is 0 Å². The largest absolute Gasteiger partial charge is 0.370 e. The van der Waals surface area contributed by atoms with Gasteiger partial charge in [0.05, 0.1) is 11.7 Å². The summed E-state index contributed by atoms with van der Waals surface area (Å²) in [7, 11) is 0. The molecular formula is C15H24N2O. The average Bonchev–Trinajstić information content (AvgIpc) is 3.03. The molecular weight excluding hydrogens is 224 g/mol. The summed E-state index contributed by atoms with van der Waals surface area (Å²) in [6.45, 7) is 3.01. The van der Waals surface area contributed by atoms with Crippen LogP contribution in [0.2, 0.25) is 0 Å². The Labute approximate surface area is 109 Å². The van der Waals surface area contributed by atoms with Crippen LogP contribution in [0, 0.1) is 0 Å². The van der Waals surface area contributed by atoms with Gasteiger partial charge in [0.2, 0.25) is 0 Å². The Bertz CT molecular complexity index is 404.